The summed E-state index contributed by atoms with van der Waals surface area (Å²) >= 11 is 0. The van der Waals surface area contributed by atoms with E-state index in [-0.39, 0.29) is 11.8 Å². The molecule has 0 saturated heterocycles. The van der Waals surface area contributed by atoms with Crippen LogP contribution in [0.1, 0.15) is 31.9 Å². The van der Waals surface area contributed by atoms with Crippen molar-refractivity contribution in [2.75, 3.05) is 0 Å². The van der Waals surface area contributed by atoms with Gasteiger partial charge in [-0.15, -0.1) is 5.10 Å². The first kappa shape index (κ1) is 18.6. The predicted molar refractivity (Wildman–Crippen MR) is 107 cm³/mol. The van der Waals surface area contributed by atoms with Crippen LogP contribution in [0.5, 0.6) is 5.75 Å². The van der Waals surface area contributed by atoms with Crippen molar-refractivity contribution >= 4 is 28.5 Å². The number of hydrogen-bond donors (Lipinski definition) is 0. The third kappa shape index (κ3) is 3.31. The highest BCUT2D eigenvalue weighted by Gasteiger charge is 2.45. The van der Waals surface area contributed by atoms with Gasteiger partial charge in [-0.1, -0.05) is 24.3 Å². The van der Waals surface area contributed by atoms with Crippen LogP contribution in [-0.4, -0.2) is 27.8 Å². The minimum Gasteiger partial charge on any atom is -0.443 e. The van der Waals surface area contributed by atoms with Crippen molar-refractivity contribution in [2.24, 2.45) is 5.10 Å². The lowest BCUT2D eigenvalue weighted by Crippen LogP contribution is -2.41. The van der Waals surface area contributed by atoms with E-state index in [9.17, 15) is 9.59 Å². The van der Waals surface area contributed by atoms with E-state index in [0.29, 0.717) is 11.3 Å². The normalized spacial score (nSPS) is 18.3. The number of rotatable bonds is 3. The van der Waals surface area contributed by atoms with E-state index in [4.69, 9.17) is 9.47 Å². The summed E-state index contributed by atoms with van der Waals surface area (Å²) in [6.45, 7) is 4.51. The second-order valence-electron chi connectivity index (χ2n) is 6.85. The molecule has 1 amide bonds. The summed E-state index contributed by atoms with van der Waals surface area (Å²) in [6.07, 6.45) is 3.25. The van der Waals surface area contributed by atoms with Crippen molar-refractivity contribution in [3.63, 3.8) is 0 Å². The maximum absolute atomic E-state index is 12.3. The number of carbonyl (C=O) groups is 2. The summed E-state index contributed by atoms with van der Waals surface area (Å²) in [5.74, 6) is -0.228. The molecule has 2 aromatic carbocycles. The van der Waals surface area contributed by atoms with E-state index in [0.717, 1.165) is 16.3 Å². The molecule has 0 unspecified atom stereocenters. The number of aromatic nitrogens is 1. The van der Waals surface area contributed by atoms with Gasteiger partial charge in [-0.2, -0.15) is 5.01 Å². The van der Waals surface area contributed by atoms with Gasteiger partial charge in [0.15, 0.2) is 0 Å². The summed E-state index contributed by atoms with van der Waals surface area (Å²) in [5, 5.41) is 7.55. The number of fused-ring (bicyclic) bond motifs is 1. The van der Waals surface area contributed by atoms with Gasteiger partial charge < -0.3 is 9.47 Å². The minimum absolute atomic E-state index is 0.196. The molecule has 0 spiro atoms. The smallest absolute Gasteiger partial charge is 0.308 e. The quantitative estimate of drug-likeness (QED) is 0.505. The van der Waals surface area contributed by atoms with Crippen molar-refractivity contribution in [1.82, 2.24) is 9.99 Å². The van der Waals surface area contributed by atoms with Crippen LogP contribution in [0.15, 0.2) is 66.0 Å². The number of ether oxygens (including phenoxy) is 2. The highest BCUT2D eigenvalue weighted by atomic mass is 16.6. The second-order valence-corrected chi connectivity index (χ2v) is 6.85. The highest BCUT2D eigenvalue weighted by molar-refractivity contribution is 6.03. The number of amides is 1. The van der Waals surface area contributed by atoms with Crippen LogP contribution >= 0.6 is 0 Å². The monoisotopic (exact) mass is 389 g/mol. The molecule has 0 radical (unpaired) electrons. The Labute approximate surface area is 167 Å². The fourth-order valence-corrected chi connectivity index (χ4v) is 3.39. The summed E-state index contributed by atoms with van der Waals surface area (Å²) in [5.41, 5.74) is 0.0580. The Morgan fingerprint density at radius 1 is 1.03 bits per heavy atom. The summed E-state index contributed by atoms with van der Waals surface area (Å²) in [6, 6.07) is 14.8. The van der Waals surface area contributed by atoms with Crippen LogP contribution in [0.2, 0.25) is 0 Å². The van der Waals surface area contributed by atoms with Gasteiger partial charge in [0, 0.05) is 38.7 Å². The number of hydrogen-bond acceptors (Lipinski definition) is 6. The molecular weight excluding hydrogens is 370 g/mol. The van der Waals surface area contributed by atoms with Crippen LogP contribution in [0, 0.1) is 0 Å². The summed E-state index contributed by atoms with van der Waals surface area (Å²) in [4.78, 5) is 28.0. The molecule has 1 aromatic heterocycles. The Morgan fingerprint density at radius 3 is 2.31 bits per heavy atom. The lowest BCUT2D eigenvalue weighted by Gasteiger charge is -2.30. The molecule has 0 N–H and O–H groups in total. The molecule has 0 bridgehead atoms. The molecule has 0 saturated carbocycles. The second kappa shape index (κ2) is 7.01. The average Bonchev–Trinajstić information content (AvgIpc) is 3.07. The fourth-order valence-electron chi connectivity index (χ4n) is 3.39. The summed E-state index contributed by atoms with van der Waals surface area (Å²) < 4.78 is 11.6. The van der Waals surface area contributed by atoms with E-state index in [1.54, 1.807) is 37.5 Å². The average molecular weight is 389 g/mol. The summed E-state index contributed by atoms with van der Waals surface area (Å²) in [7, 11) is 0. The van der Waals surface area contributed by atoms with E-state index < -0.39 is 11.7 Å². The van der Waals surface area contributed by atoms with Crippen LogP contribution in [0.3, 0.4) is 0 Å². The molecule has 1 aliphatic rings. The van der Waals surface area contributed by atoms with Gasteiger partial charge >= 0.3 is 5.97 Å². The molecule has 0 fully saturated rings. The zero-order valence-electron chi connectivity index (χ0n) is 16.2. The van der Waals surface area contributed by atoms with Crippen molar-refractivity contribution in [1.29, 1.82) is 0 Å². The van der Waals surface area contributed by atoms with Crippen molar-refractivity contribution in [2.45, 2.75) is 26.5 Å². The lowest BCUT2D eigenvalue weighted by atomic mass is 10.0. The largest absolute Gasteiger partial charge is 0.443 e. The first-order chi connectivity index (χ1) is 13.9. The van der Waals surface area contributed by atoms with Gasteiger partial charge in [-0.3, -0.25) is 14.6 Å². The molecule has 4 rings (SSSR count). The molecule has 146 valence electrons. The van der Waals surface area contributed by atoms with Crippen LogP contribution < -0.4 is 4.74 Å². The zero-order chi connectivity index (χ0) is 20.6. The predicted octanol–water partition coefficient (Wildman–Crippen LogP) is 3.57. The van der Waals surface area contributed by atoms with Gasteiger partial charge in [-0.05, 0) is 35.0 Å². The van der Waals surface area contributed by atoms with Crippen molar-refractivity contribution < 1.29 is 19.1 Å². The standard InChI is InChI=1S/C22H19N3O4/c1-14(26)25-22(3,18-8-10-23-11-9-18)29-21(24-25)19-12-16-6-4-5-7-17(16)13-20(19)28-15(2)27/h4-13H,1-3H3/t22-/m1/s1. The Balaban J connectivity index is 1.86. The third-order valence-electron chi connectivity index (χ3n) is 4.74. The number of pyridine rings is 1. The number of nitrogens with zero attached hydrogens (tertiary/aromatic N) is 3. The molecule has 1 atom stereocenters. The molecule has 1 aliphatic heterocycles. The number of hydrazone groups is 1. The Morgan fingerprint density at radius 2 is 1.69 bits per heavy atom. The third-order valence-corrected chi connectivity index (χ3v) is 4.74. The first-order valence-electron chi connectivity index (χ1n) is 9.09. The number of carbonyl (C=O) groups excluding carboxylic acids is 2. The fraction of sp³-hybridized carbons (Fsp3) is 0.182. The van der Waals surface area contributed by atoms with Gasteiger partial charge in [0.1, 0.15) is 5.75 Å². The van der Waals surface area contributed by atoms with Crippen LogP contribution in [0.4, 0.5) is 0 Å². The van der Waals surface area contributed by atoms with E-state index in [1.165, 1.54) is 18.9 Å². The number of benzene rings is 2. The Kier molecular flexibility index (Phi) is 4.50. The SMILES string of the molecule is CC(=O)Oc1cc2ccccc2cc1C1=NN(C(C)=O)[C@@](C)(c2ccncc2)O1. The van der Waals surface area contributed by atoms with E-state index >= 15 is 0 Å². The van der Waals surface area contributed by atoms with Gasteiger partial charge in [0.05, 0.1) is 5.56 Å². The van der Waals surface area contributed by atoms with Crippen LogP contribution in [0.25, 0.3) is 10.8 Å². The number of esters is 1. The maximum atomic E-state index is 12.3. The topological polar surface area (TPSA) is 81.1 Å². The Bertz CT molecular complexity index is 1140. The lowest BCUT2D eigenvalue weighted by molar-refractivity contribution is -0.146. The van der Waals surface area contributed by atoms with Gasteiger partial charge in [0.25, 0.3) is 0 Å². The van der Waals surface area contributed by atoms with Crippen molar-refractivity contribution in [3.8, 4) is 5.75 Å². The highest BCUT2D eigenvalue weighted by Crippen LogP contribution is 2.38. The minimum atomic E-state index is -1.15. The molecule has 7 heteroatoms. The van der Waals surface area contributed by atoms with Gasteiger partial charge in [-0.25, -0.2) is 0 Å². The molecule has 29 heavy (non-hydrogen) atoms. The van der Waals surface area contributed by atoms with E-state index in [2.05, 4.69) is 10.1 Å². The molecule has 2 heterocycles. The molecule has 0 aliphatic carbocycles. The molecule has 3 aromatic rings. The maximum Gasteiger partial charge on any atom is 0.308 e. The van der Waals surface area contributed by atoms with E-state index in [1.807, 2.05) is 30.3 Å². The van der Waals surface area contributed by atoms with Gasteiger partial charge in [0.2, 0.25) is 17.5 Å². The Hall–Kier alpha value is -3.74. The molecule has 7 nitrogen and oxygen atoms in total. The van der Waals surface area contributed by atoms with Crippen molar-refractivity contribution in [3.05, 3.63) is 72.1 Å². The van der Waals surface area contributed by atoms with Crippen LogP contribution in [-0.2, 0) is 20.1 Å². The first-order valence-corrected chi connectivity index (χ1v) is 9.09. The molecular formula is C22H19N3O4. The zero-order valence-corrected chi connectivity index (χ0v) is 16.2.